The van der Waals surface area contributed by atoms with Gasteiger partial charge in [0.15, 0.2) is 17.3 Å². The Balaban J connectivity index is 0.832. The largest absolute Gasteiger partial charge is 0.454 e. The zero-order valence-corrected chi connectivity index (χ0v) is 29.0. The molecule has 12 atom stereocenters. The van der Waals surface area contributed by atoms with Crippen molar-refractivity contribution in [3.63, 3.8) is 0 Å². The third kappa shape index (κ3) is 5.39. The van der Waals surface area contributed by atoms with E-state index in [9.17, 15) is 9.59 Å². The number of benzene rings is 1. The van der Waals surface area contributed by atoms with Crippen LogP contribution in [-0.2, 0) is 25.5 Å². The minimum atomic E-state index is -0.339. The molecule has 258 valence electrons. The summed E-state index contributed by atoms with van der Waals surface area (Å²) in [6.07, 6.45) is 12.8. The smallest absolute Gasteiger partial charge is 0.231 e. The van der Waals surface area contributed by atoms with Crippen LogP contribution in [0, 0.1) is 52.3 Å². The minimum absolute atomic E-state index is 0.112. The molecule has 8 heteroatoms. The van der Waals surface area contributed by atoms with E-state index in [1.54, 1.807) is 0 Å². The molecule has 3 aliphatic heterocycles. The number of carbonyl (C=O) groups is 2. The Morgan fingerprint density at radius 1 is 0.894 bits per heavy atom. The molecule has 8 nitrogen and oxygen atoms in total. The van der Waals surface area contributed by atoms with E-state index in [0.717, 1.165) is 60.7 Å². The standard InChI is InChI=1S/C39H56N2O6/c1-23-9-15-39(46-21-23)24(2)36-33(47-39)19-30-28-7-6-26-18-27(10-13-37(26,3)29(28)11-14-38(30,36)4)41-35(43)20-34(42)40-16-12-25-5-8-31-32(17-25)45-22-44-31/h5,8,17,23-24,26-30,33,36H,6-7,9-16,18-22H2,1-4H3,(H,40,42)(H,41,43)/t23-,24-,26+,27?,28+,29-,30-,33-,36-,37-,38-,39+/m0/s1. The second-order valence-corrected chi connectivity index (χ2v) is 17.2. The summed E-state index contributed by atoms with van der Waals surface area (Å²) in [6, 6.07) is 6.00. The van der Waals surface area contributed by atoms with Crippen molar-refractivity contribution in [2.24, 2.45) is 52.3 Å². The van der Waals surface area contributed by atoms with E-state index >= 15 is 0 Å². The number of fused-ring (bicyclic) bond motifs is 8. The predicted molar refractivity (Wildman–Crippen MR) is 178 cm³/mol. The van der Waals surface area contributed by atoms with E-state index in [1.165, 1.54) is 44.9 Å². The molecule has 2 saturated heterocycles. The second kappa shape index (κ2) is 11.9. The maximum atomic E-state index is 12.9. The lowest BCUT2D eigenvalue weighted by molar-refractivity contribution is -0.273. The Bertz CT molecular complexity index is 1370. The fourth-order valence-corrected chi connectivity index (χ4v) is 12.3. The lowest BCUT2D eigenvalue weighted by atomic mass is 9.44. The fourth-order valence-electron chi connectivity index (χ4n) is 12.3. The van der Waals surface area contributed by atoms with Crippen molar-refractivity contribution in [2.45, 2.75) is 123 Å². The highest BCUT2D eigenvalue weighted by Gasteiger charge is 2.69. The van der Waals surface area contributed by atoms with Gasteiger partial charge in [-0.15, -0.1) is 0 Å². The van der Waals surface area contributed by atoms with Crippen molar-refractivity contribution < 1.29 is 28.5 Å². The van der Waals surface area contributed by atoms with Crippen molar-refractivity contribution in [3.05, 3.63) is 23.8 Å². The highest BCUT2D eigenvalue weighted by Crippen LogP contribution is 2.71. The number of rotatable bonds is 6. The number of carbonyl (C=O) groups excluding carboxylic acids is 2. The molecule has 0 radical (unpaired) electrons. The molecule has 2 N–H and O–H groups in total. The highest BCUT2D eigenvalue weighted by atomic mass is 16.7. The van der Waals surface area contributed by atoms with Crippen LogP contribution in [0.3, 0.4) is 0 Å². The number of amides is 2. The first kappa shape index (κ1) is 31.9. The van der Waals surface area contributed by atoms with Crippen LogP contribution in [0.25, 0.3) is 0 Å². The summed E-state index contributed by atoms with van der Waals surface area (Å²) in [7, 11) is 0. The van der Waals surface area contributed by atoms with Gasteiger partial charge in [0.05, 0.1) is 12.7 Å². The van der Waals surface area contributed by atoms with E-state index < -0.39 is 0 Å². The Kier molecular flexibility index (Phi) is 8.10. The van der Waals surface area contributed by atoms with E-state index in [1.807, 2.05) is 18.2 Å². The van der Waals surface area contributed by atoms with E-state index in [4.69, 9.17) is 18.9 Å². The number of ether oxygens (including phenoxy) is 4. The molecule has 1 aromatic rings. The summed E-state index contributed by atoms with van der Waals surface area (Å²) in [5.41, 5.74) is 1.75. The van der Waals surface area contributed by atoms with E-state index in [2.05, 4.69) is 38.3 Å². The molecule has 1 aromatic carbocycles. The Morgan fingerprint density at radius 2 is 1.72 bits per heavy atom. The van der Waals surface area contributed by atoms with Crippen molar-refractivity contribution in [2.75, 3.05) is 19.9 Å². The molecule has 2 amide bonds. The molecule has 7 aliphatic rings. The highest BCUT2D eigenvalue weighted by molar-refractivity contribution is 5.96. The molecule has 6 fully saturated rings. The average Bonchev–Trinajstić information content (AvgIpc) is 3.70. The molecule has 8 rings (SSSR count). The van der Waals surface area contributed by atoms with Crippen LogP contribution in [0.4, 0.5) is 0 Å². The van der Waals surface area contributed by atoms with Gasteiger partial charge in [0, 0.05) is 24.9 Å². The Hall–Kier alpha value is -2.32. The van der Waals surface area contributed by atoms with Crippen molar-refractivity contribution in [1.29, 1.82) is 0 Å². The Morgan fingerprint density at radius 3 is 2.55 bits per heavy atom. The van der Waals surface area contributed by atoms with E-state index in [-0.39, 0.29) is 36.9 Å². The molecular weight excluding hydrogens is 592 g/mol. The van der Waals surface area contributed by atoms with Crippen molar-refractivity contribution in [1.82, 2.24) is 10.6 Å². The van der Waals surface area contributed by atoms with Crippen molar-refractivity contribution in [3.8, 4) is 11.5 Å². The van der Waals surface area contributed by atoms with Gasteiger partial charge in [-0.3, -0.25) is 9.59 Å². The van der Waals surface area contributed by atoms with Crippen LogP contribution < -0.4 is 20.1 Å². The van der Waals surface area contributed by atoms with Gasteiger partial charge in [-0.2, -0.15) is 0 Å². The van der Waals surface area contributed by atoms with E-state index in [0.29, 0.717) is 53.6 Å². The first-order chi connectivity index (χ1) is 22.6. The van der Waals surface area contributed by atoms with Gasteiger partial charge in [-0.05, 0) is 128 Å². The molecule has 47 heavy (non-hydrogen) atoms. The average molecular weight is 649 g/mol. The maximum Gasteiger partial charge on any atom is 0.231 e. The summed E-state index contributed by atoms with van der Waals surface area (Å²) in [5.74, 6) is 5.44. The predicted octanol–water partition coefficient (Wildman–Crippen LogP) is 6.40. The normalized spacial score (nSPS) is 44.6. The first-order valence-electron chi connectivity index (χ1n) is 18.8. The van der Waals surface area contributed by atoms with Crippen LogP contribution >= 0.6 is 0 Å². The zero-order valence-electron chi connectivity index (χ0n) is 29.0. The van der Waals surface area contributed by atoms with Gasteiger partial charge in [-0.1, -0.05) is 33.8 Å². The Labute approximate surface area is 280 Å². The number of nitrogens with one attached hydrogen (secondary N) is 2. The van der Waals surface area contributed by atoms with Crippen LogP contribution in [0.5, 0.6) is 11.5 Å². The monoisotopic (exact) mass is 648 g/mol. The third-order valence-electron chi connectivity index (χ3n) is 14.8. The van der Waals surface area contributed by atoms with Gasteiger partial charge >= 0.3 is 0 Å². The minimum Gasteiger partial charge on any atom is -0.454 e. The summed E-state index contributed by atoms with van der Waals surface area (Å²) in [5, 5.41) is 6.17. The topological polar surface area (TPSA) is 95.1 Å². The van der Waals surface area contributed by atoms with Crippen LogP contribution in [0.15, 0.2) is 18.2 Å². The number of hydrogen-bond acceptors (Lipinski definition) is 6. The summed E-state index contributed by atoms with van der Waals surface area (Å²) < 4.78 is 24.3. The molecular formula is C39H56N2O6. The van der Waals surface area contributed by atoms with Gasteiger partial charge in [0.25, 0.3) is 0 Å². The lowest BCUT2D eigenvalue weighted by Gasteiger charge is -2.61. The van der Waals surface area contributed by atoms with Gasteiger partial charge in [-0.25, -0.2) is 0 Å². The number of hydrogen-bond donors (Lipinski definition) is 2. The second-order valence-electron chi connectivity index (χ2n) is 17.2. The molecule has 0 aromatic heterocycles. The molecule has 4 saturated carbocycles. The first-order valence-corrected chi connectivity index (χ1v) is 18.8. The summed E-state index contributed by atoms with van der Waals surface area (Å²) >= 11 is 0. The zero-order chi connectivity index (χ0) is 32.6. The van der Waals surface area contributed by atoms with Gasteiger partial charge in [0.2, 0.25) is 18.6 Å². The SMILES string of the molecule is C[C@H]1CC[C@@]2(OC1)O[C@H]1C[C@H]3[C@@H]4CC[C@@H]5CC(NC(=O)CC(=O)NCCc6ccc7c(c6)OCO7)CC[C@]5(C)[C@H]4CC[C@]3(C)[C@H]1[C@@H]2C. The third-order valence-corrected chi connectivity index (χ3v) is 14.8. The van der Waals surface area contributed by atoms with Crippen LogP contribution in [-0.4, -0.2) is 49.7 Å². The molecule has 4 aliphatic carbocycles. The summed E-state index contributed by atoms with van der Waals surface area (Å²) in [6.45, 7) is 11.5. The van der Waals surface area contributed by atoms with Crippen LogP contribution in [0.1, 0.15) is 104 Å². The molecule has 1 unspecified atom stereocenters. The quantitative estimate of drug-likeness (QED) is 0.347. The lowest BCUT2D eigenvalue weighted by Crippen LogP contribution is -2.56. The van der Waals surface area contributed by atoms with Crippen LogP contribution in [0.2, 0.25) is 0 Å². The fraction of sp³-hybridized carbons (Fsp3) is 0.795. The molecule has 3 heterocycles. The van der Waals surface area contributed by atoms with Gasteiger partial charge < -0.3 is 29.6 Å². The van der Waals surface area contributed by atoms with Crippen molar-refractivity contribution >= 4 is 11.8 Å². The molecule has 0 bridgehead atoms. The maximum absolute atomic E-state index is 12.9. The van der Waals surface area contributed by atoms with Gasteiger partial charge in [0.1, 0.15) is 6.42 Å². The summed E-state index contributed by atoms with van der Waals surface area (Å²) in [4.78, 5) is 25.5. The molecule has 1 spiro atoms.